The van der Waals surface area contributed by atoms with Gasteiger partial charge in [-0.05, 0) is 38.0 Å². The summed E-state index contributed by atoms with van der Waals surface area (Å²) < 4.78 is 0. The highest BCUT2D eigenvalue weighted by Crippen LogP contribution is 2.26. The number of carbonyl (C=O) groups excluding carboxylic acids is 1. The van der Waals surface area contributed by atoms with Crippen molar-refractivity contribution in [2.24, 2.45) is 11.7 Å². The van der Waals surface area contributed by atoms with Crippen molar-refractivity contribution in [3.8, 4) is 0 Å². The Morgan fingerprint density at radius 2 is 1.94 bits per heavy atom. The quantitative estimate of drug-likeness (QED) is 0.755. The summed E-state index contributed by atoms with van der Waals surface area (Å²) in [6, 6.07) is 0.423. The SMILES string of the molecule is CCC(N)CC(=O)NC1CCC(CC)CC1. The van der Waals surface area contributed by atoms with Gasteiger partial charge in [0, 0.05) is 18.5 Å². The topological polar surface area (TPSA) is 55.1 Å². The van der Waals surface area contributed by atoms with Gasteiger partial charge >= 0.3 is 0 Å². The Hall–Kier alpha value is -0.570. The van der Waals surface area contributed by atoms with Gasteiger partial charge in [0.1, 0.15) is 0 Å². The fourth-order valence-electron chi connectivity index (χ4n) is 2.38. The van der Waals surface area contributed by atoms with Gasteiger partial charge in [0.05, 0.1) is 0 Å². The molecule has 0 spiro atoms. The molecule has 0 radical (unpaired) electrons. The zero-order valence-electron chi connectivity index (χ0n) is 10.7. The van der Waals surface area contributed by atoms with Crippen LogP contribution in [0.5, 0.6) is 0 Å². The highest BCUT2D eigenvalue weighted by Gasteiger charge is 2.21. The first-order valence-electron chi connectivity index (χ1n) is 6.70. The highest BCUT2D eigenvalue weighted by atomic mass is 16.1. The third-order valence-electron chi connectivity index (χ3n) is 3.76. The van der Waals surface area contributed by atoms with E-state index in [2.05, 4.69) is 12.2 Å². The van der Waals surface area contributed by atoms with Crippen LogP contribution in [0.25, 0.3) is 0 Å². The Labute approximate surface area is 99.2 Å². The summed E-state index contributed by atoms with van der Waals surface area (Å²) in [6.45, 7) is 4.27. The van der Waals surface area contributed by atoms with Crippen LogP contribution in [0.2, 0.25) is 0 Å². The van der Waals surface area contributed by atoms with Gasteiger partial charge in [-0.3, -0.25) is 4.79 Å². The minimum atomic E-state index is 0.0204. The van der Waals surface area contributed by atoms with Crippen LogP contribution in [-0.2, 0) is 4.79 Å². The lowest BCUT2D eigenvalue weighted by atomic mass is 9.84. The molecule has 0 bridgehead atoms. The molecule has 0 aromatic rings. The second-order valence-corrected chi connectivity index (χ2v) is 5.07. The average Bonchev–Trinajstić information content (AvgIpc) is 2.29. The molecular weight excluding hydrogens is 200 g/mol. The van der Waals surface area contributed by atoms with Crippen molar-refractivity contribution in [3.63, 3.8) is 0 Å². The first kappa shape index (κ1) is 13.5. The predicted octanol–water partition coefficient (Wildman–Crippen LogP) is 2.20. The molecule has 1 rings (SSSR count). The second-order valence-electron chi connectivity index (χ2n) is 5.07. The minimum absolute atomic E-state index is 0.0204. The van der Waals surface area contributed by atoms with Crippen LogP contribution in [0, 0.1) is 5.92 Å². The highest BCUT2D eigenvalue weighted by molar-refractivity contribution is 5.76. The fourth-order valence-corrected chi connectivity index (χ4v) is 2.38. The van der Waals surface area contributed by atoms with Gasteiger partial charge in [-0.1, -0.05) is 20.3 Å². The van der Waals surface area contributed by atoms with Gasteiger partial charge in [-0.25, -0.2) is 0 Å². The molecule has 1 aliphatic rings. The molecule has 0 aromatic heterocycles. The summed E-state index contributed by atoms with van der Waals surface area (Å²) >= 11 is 0. The number of hydrogen-bond acceptors (Lipinski definition) is 2. The maximum Gasteiger partial charge on any atom is 0.221 e. The largest absolute Gasteiger partial charge is 0.353 e. The van der Waals surface area contributed by atoms with Crippen molar-refractivity contribution >= 4 is 5.91 Å². The molecule has 94 valence electrons. The van der Waals surface area contributed by atoms with Crippen molar-refractivity contribution in [1.82, 2.24) is 5.32 Å². The molecule has 3 heteroatoms. The van der Waals surface area contributed by atoms with Gasteiger partial charge in [0.25, 0.3) is 0 Å². The van der Waals surface area contributed by atoms with Gasteiger partial charge < -0.3 is 11.1 Å². The monoisotopic (exact) mass is 226 g/mol. The number of carbonyl (C=O) groups is 1. The maximum absolute atomic E-state index is 11.6. The van der Waals surface area contributed by atoms with E-state index in [0.717, 1.165) is 25.2 Å². The molecule has 1 unspecified atom stereocenters. The van der Waals surface area contributed by atoms with Gasteiger partial charge in [-0.15, -0.1) is 0 Å². The van der Waals surface area contributed by atoms with Crippen LogP contribution in [0.4, 0.5) is 0 Å². The maximum atomic E-state index is 11.6. The molecular formula is C13H26N2O. The Bertz CT molecular complexity index is 210. The van der Waals surface area contributed by atoms with E-state index in [1.165, 1.54) is 19.3 Å². The van der Waals surface area contributed by atoms with E-state index in [1.807, 2.05) is 6.92 Å². The minimum Gasteiger partial charge on any atom is -0.353 e. The number of hydrogen-bond donors (Lipinski definition) is 2. The molecule has 3 nitrogen and oxygen atoms in total. The molecule has 0 aliphatic heterocycles. The van der Waals surface area contributed by atoms with E-state index in [-0.39, 0.29) is 11.9 Å². The summed E-state index contributed by atoms with van der Waals surface area (Å²) in [5.74, 6) is 1.01. The number of rotatable bonds is 5. The Morgan fingerprint density at radius 3 is 2.44 bits per heavy atom. The molecule has 0 aromatic carbocycles. The van der Waals surface area contributed by atoms with Gasteiger partial charge in [0.2, 0.25) is 5.91 Å². The molecule has 1 fully saturated rings. The fraction of sp³-hybridized carbons (Fsp3) is 0.923. The lowest BCUT2D eigenvalue weighted by Crippen LogP contribution is -2.40. The summed E-state index contributed by atoms with van der Waals surface area (Å²) in [5, 5.41) is 3.11. The van der Waals surface area contributed by atoms with E-state index in [1.54, 1.807) is 0 Å². The van der Waals surface area contributed by atoms with E-state index in [0.29, 0.717) is 12.5 Å². The molecule has 1 atom stereocenters. The Kier molecular flexibility index (Phi) is 5.81. The lowest BCUT2D eigenvalue weighted by molar-refractivity contribution is -0.122. The second kappa shape index (κ2) is 6.89. The van der Waals surface area contributed by atoms with E-state index in [4.69, 9.17) is 5.73 Å². The standard InChI is InChI=1S/C13H26N2O/c1-3-10-5-7-12(8-6-10)15-13(16)9-11(14)4-2/h10-12H,3-9,14H2,1-2H3,(H,15,16). The Balaban J connectivity index is 2.20. The summed E-state index contributed by atoms with van der Waals surface area (Å²) in [7, 11) is 0. The predicted molar refractivity (Wildman–Crippen MR) is 67.1 cm³/mol. The summed E-state index contributed by atoms with van der Waals surface area (Å²) in [6.07, 6.45) is 7.45. The average molecular weight is 226 g/mol. The van der Waals surface area contributed by atoms with E-state index >= 15 is 0 Å². The molecule has 1 saturated carbocycles. The first-order chi connectivity index (χ1) is 7.65. The molecule has 1 amide bonds. The number of nitrogens with two attached hydrogens (primary N) is 1. The third-order valence-corrected chi connectivity index (χ3v) is 3.76. The van der Waals surface area contributed by atoms with Crippen molar-refractivity contribution < 1.29 is 4.79 Å². The van der Waals surface area contributed by atoms with Crippen LogP contribution < -0.4 is 11.1 Å². The van der Waals surface area contributed by atoms with Gasteiger partial charge in [0.15, 0.2) is 0 Å². The number of amides is 1. The molecule has 1 aliphatic carbocycles. The van der Waals surface area contributed by atoms with E-state index < -0.39 is 0 Å². The van der Waals surface area contributed by atoms with E-state index in [9.17, 15) is 4.79 Å². The zero-order chi connectivity index (χ0) is 12.0. The van der Waals surface area contributed by atoms with Crippen LogP contribution in [0.15, 0.2) is 0 Å². The van der Waals surface area contributed by atoms with Crippen molar-refractivity contribution in [3.05, 3.63) is 0 Å². The summed E-state index contributed by atoms with van der Waals surface area (Å²) in [5.41, 5.74) is 5.76. The van der Waals surface area contributed by atoms with Crippen molar-refractivity contribution in [1.29, 1.82) is 0 Å². The van der Waals surface area contributed by atoms with Crippen molar-refractivity contribution in [2.75, 3.05) is 0 Å². The third kappa shape index (κ3) is 4.52. The molecule has 0 saturated heterocycles. The van der Waals surface area contributed by atoms with Crippen LogP contribution in [-0.4, -0.2) is 18.0 Å². The molecule has 16 heavy (non-hydrogen) atoms. The van der Waals surface area contributed by atoms with Crippen LogP contribution >= 0.6 is 0 Å². The molecule has 0 heterocycles. The van der Waals surface area contributed by atoms with Crippen LogP contribution in [0.1, 0.15) is 58.8 Å². The smallest absolute Gasteiger partial charge is 0.221 e. The summed E-state index contributed by atoms with van der Waals surface area (Å²) in [4.78, 5) is 11.6. The van der Waals surface area contributed by atoms with Crippen LogP contribution in [0.3, 0.4) is 0 Å². The molecule has 3 N–H and O–H groups in total. The number of nitrogens with one attached hydrogen (secondary N) is 1. The first-order valence-corrected chi connectivity index (χ1v) is 6.70. The van der Waals surface area contributed by atoms with Gasteiger partial charge in [-0.2, -0.15) is 0 Å². The normalized spacial score (nSPS) is 27.4. The van der Waals surface area contributed by atoms with Crippen molar-refractivity contribution in [2.45, 2.75) is 70.9 Å². The Morgan fingerprint density at radius 1 is 1.31 bits per heavy atom. The lowest BCUT2D eigenvalue weighted by Gasteiger charge is -2.28. The zero-order valence-corrected chi connectivity index (χ0v) is 10.7.